The predicted octanol–water partition coefficient (Wildman–Crippen LogP) is 3.00. The molecule has 0 aliphatic carbocycles. The minimum Gasteiger partial charge on any atom is -0.493 e. The van der Waals surface area contributed by atoms with E-state index in [1.54, 1.807) is 7.11 Å². The minimum absolute atomic E-state index is 0.0758. The lowest BCUT2D eigenvalue weighted by Crippen LogP contribution is -2.35. The normalized spacial score (nSPS) is 17.2. The van der Waals surface area contributed by atoms with Crippen LogP contribution in [0.4, 0.5) is 0 Å². The standard InChI is InChI=1S/C17H25BrN2O3/c1-3-4-5-8-23-16-13(18)9-12(10-15(16)22-2)11-20-14-6-7-19-17(14)21/h9-10,14,20H,3-8,11H2,1-2H3,(H,19,21). The molecule has 1 aromatic carbocycles. The fraction of sp³-hybridized carbons (Fsp3) is 0.588. The molecule has 1 aliphatic rings. The zero-order valence-corrected chi connectivity index (χ0v) is 15.4. The highest BCUT2D eigenvalue weighted by Crippen LogP contribution is 2.36. The first-order valence-electron chi connectivity index (χ1n) is 8.16. The van der Waals surface area contributed by atoms with E-state index >= 15 is 0 Å². The van der Waals surface area contributed by atoms with E-state index in [2.05, 4.69) is 33.5 Å². The van der Waals surface area contributed by atoms with Crippen LogP contribution in [0.5, 0.6) is 11.5 Å². The quantitative estimate of drug-likeness (QED) is 0.642. The van der Waals surface area contributed by atoms with Crippen LogP contribution in [0, 0.1) is 0 Å². The Morgan fingerprint density at radius 1 is 1.39 bits per heavy atom. The second-order valence-electron chi connectivity index (χ2n) is 5.68. The van der Waals surface area contributed by atoms with Crippen molar-refractivity contribution in [3.63, 3.8) is 0 Å². The molecule has 1 aliphatic heterocycles. The van der Waals surface area contributed by atoms with Crippen LogP contribution in [0.1, 0.15) is 38.2 Å². The molecular weight excluding hydrogens is 360 g/mol. The molecule has 0 radical (unpaired) electrons. The zero-order valence-electron chi connectivity index (χ0n) is 13.8. The van der Waals surface area contributed by atoms with Crippen molar-refractivity contribution in [1.29, 1.82) is 0 Å². The fourth-order valence-corrected chi connectivity index (χ4v) is 3.18. The number of carbonyl (C=O) groups is 1. The third-order valence-corrected chi connectivity index (χ3v) is 4.47. The number of unbranched alkanes of at least 4 members (excludes halogenated alkanes) is 2. The Bertz CT molecular complexity index is 537. The summed E-state index contributed by atoms with van der Waals surface area (Å²) >= 11 is 3.56. The van der Waals surface area contributed by atoms with Gasteiger partial charge in [0.1, 0.15) is 0 Å². The lowest BCUT2D eigenvalue weighted by atomic mass is 10.1. The van der Waals surface area contributed by atoms with E-state index in [1.165, 1.54) is 6.42 Å². The second kappa shape index (κ2) is 9.13. The Kier molecular flexibility index (Phi) is 7.17. The fourth-order valence-electron chi connectivity index (χ4n) is 2.57. The van der Waals surface area contributed by atoms with Crippen LogP contribution in [0.3, 0.4) is 0 Å². The van der Waals surface area contributed by atoms with Crippen molar-refractivity contribution >= 4 is 21.8 Å². The Balaban J connectivity index is 1.98. The van der Waals surface area contributed by atoms with E-state index < -0.39 is 0 Å². The van der Waals surface area contributed by atoms with Gasteiger partial charge in [-0.25, -0.2) is 0 Å². The summed E-state index contributed by atoms with van der Waals surface area (Å²) in [5.41, 5.74) is 1.05. The molecule has 6 heteroatoms. The molecular formula is C17H25BrN2O3. The highest BCUT2D eigenvalue weighted by atomic mass is 79.9. The van der Waals surface area contributed by atoms with E-state index in [4.69, 9.17) is 9.47 Å². The molecule has 1 aromatic rings. The van der Waals surface area contributed by atoms with Gasteiger partial charge in [0, 0.05) is 13.1 Å². The number of halogens is 1. The van der Waals surface area contributed by atoms with Gasteiger partial charge in [-0.15, -0.1) is 0 Å². The van der Waals surface area contributed by atoms with Crippen molar-refractivity contribution < 1.29 is 14.3 Å². The molecule has 0 spiro atoms. The minimum atomic E-state index is -0.107. The molecule has 1 amide bonds. The van der Waals surface area contributed by atoms with Gasteiger partial charge in [0.05, 0.1) is 24.2 Å². The second-order valence-corrected chi connectivity index (χ2v) is 6.53. The summed E-state index contributed by atoms with van der Waals surface area (Å²) in [5.74, 6) is 1.53. The van der Waals surface area contributed by atoms with E-state index in [0.717, 1.165) is 41.6 Å². The number of ether oxygens (including phenoxy) is 2. The van der Waals surface area contributed by atoms with Crippen molar-refractivity contribution in [3.8, 4) is 11.5 Å². The first-order valence-corrected chi connectivity index (χ1v) is 8.95. The van der Waals surface area contributed by atoms with Crippen molar-refractivity contribution in [2.45, 2.75) is 45.2 Å². The number of benzene rings is 1. The maximum Gasteiger partial charge on any atom is 0.237 e. The van der Waals surface area contributed by atoms with Gasteiger partial charge in [-0.1, -0.05) is 19.8 Å². The van der Waals surface area contributed by atoms with E-state index in [-0.39, 0.29) is 11.9 Å². The number of hydrogen-bond donors (Lipinski definition) is 2. The average Bonchev–Trinajstić information content (AvgIpc) is 2.95. The predicted molar refractivity (Wildman–Crippen MR) is 94.0 cm³/mol. The zero-order chi connectivity index (χ0) is 16.7. The first-order chi connectivity index (χ1) is 11.2. The van der Waals surface area contributed by atoms with Gasteiger partial charge in [0.25, 0.3) is 0 Å². The third kappa shape index (κ3) is 5.11. The molecule has 1 atom stereocenters. The van der Waals surface area contributed by atoms with Crippen molar-refractivity contribution in [2.75, 3.05) is 20.3 Å². The van der Waals surface area contributed by atoms with Gasteiger partial charge in [-0.3, -0.25) is 4.79 Å². The molecule has 1 heterocycles. The average molecular weight is 385 g/mol. The van der Waals surface area contributed by atoms with Crippen molar-refractivity contribution in [3.05, 3.63) is 22.2 Å². The van der Waals surface area contributed by atoms with Crippen molar-refractivity contribution in [2.24, 2.45) is 0 Å². The molecule has 1 fully saturated rings. The van der Waals surface area contributed by atoms with Crippen LogP contribution in [-0.4, -0.2) is 32.2 Å². The van der Waals surface area contributed by atoms with E-state index in [9.17, 15) is 4.79 Å². The van der Waals surface area contributed by atoms with Gasteiger partial charge < -0.3 is 20.1 Å². The number of hydrogen-bond acceptors (Lipinski definition) is 4. The molecule has 5 nitrogen and oxygen atoms in total. The molecule has 1 saturated heterocycles. The summed E-state index contributed by atoms with van der Waals surface area (Å²) in [6.07, 6.45) is 4.19. The summed E-state index contributed by atoms with van der Waals surface area (Å²) in [6.45, 7) is 4.21. The highest BCUT2D eigenvalue weighted by Gasteiger charge is 2.23. The van der Waals surface area contributed by atoms with E-state index in [0.29, 0.717) is 18.9 Å². The molecule has 0 aromatic heterocycles. The van der Waals surface area contributed by atoms with Crippen LogP contribution in [0.2, 0.25) is 0 Å². The van der Waals surface area contributed by atoms with Gasteiger partial charge in [0.15, 0.2) is 11.5 Å². The number of amides is 1. The highest BCUT2D eigenvalue weighted by molar-refractivity contribution is 9.10. The number of rotatable bonds is 9. The maximum absolute atomic E-state index is 11.6. The summed E-state index contributed by atoms with van der Waals surface area (Å²) in [4.78, 5) is 11.6. The molecule has 23 heavy (non-hydrogen) atoms. The topological polar surface area (TPSA) is 59.6 Å². The maximum atomic E-state index is 11.6. The monoisotopic (exact) mass is 384 g/mol. The summed E-state index contributed by atoms with van der Waals surface area (Å²) in [6, 6.07) is 3.86. The number of nitrogens with one attached hydrogen (secondary N) is 2. The summed E-state index contributed by atoms with van der Waals surface area (Å²) in [5, 5.41) is 6.10. The molecule has 2 N–H and O–H groups in total. The molecule has 1 unspecified atom stereocenters. The van der Waals surface area contributed by atoms with Crippen LogP contribution in [0.15, 0.2) is 16.6 Å². The Morgan fingerprint density at radius 3 is 2.87 bits per heavy atom. The Morgan fingerprint density at radius 2 is 2.22 bits per heavy atom. The number of carbonyl (C=O) groups excluding carboxylic acids is 1. The third-order valence-electron chi connectivity index (χ3n) is 3.88. The summed E-state index contributed by atoms with van der Waals surface area (Å²) < 4.78 is 12.2. The summed E-state index contributed by atoms with van der Waals surface area (Å²) in [7, 11) is 1.64. The van der Waals surface area contributed by atoms with Gasteiger partial charge in [-0.2, -0.15) is 0 Å². The van der Waals surface area contributed by atoms with Crippen LogP contribution in [0.25, 0.3) is 0 Å². The van der Waals surface area contributed by atoms with Gasteiger partial charge in [0.2, 0.25) is 5.91 Å². The first kappa shape index (κ1) is 18.1. The largest absolute Gasteiger partial charge is 0.493 e. The smallest absolute Gasteiger partial charge is 0.237 e. The van der Waals surface area contributed by atoms with Crippen LogP contribution >= 0.6 is 15.9 Å². The molecule has 128 valence electrons. The number of methoxy groups -OCH3 is 1. The van der Waals surface area contributed by atoms with Gasteiger partial charge >= 0.3 is 0 Å². The Labute approximate surface area is 146 Å². The molecule has 0 saturated carbocycles. The van der Waals surface area contributed by atoms with Crippen molar-refractivity contribution in [1.82, 2.24) is 10.6 Å². The van der Waals surface area contributed by atoms with E-state index in [1.807, 2.05) is 12.1 Å². The SMILES string of the molecule is CCCCCOc1c(Br)cc(CNC2CCNC2=O)cc1OC. The lowest BCUT2D eigenvalue weighted by molar-refractivity contribution is -0.120. The van der Waals surface area contributed by atoms with Gasteiger partial charge in [-0.05, 0) is 46.5 Å². The van der Waals surface area contributed by atoms with Crippen LogP contribution in [-0.2, 0) is 11.3 Å². The molecule has 2 rings (SSSR count). The van der Waals surface area contributed by atoms with Crippen LogP contribution < -0.4 is 20.1 Å². The molecule has 0 bridgehead atoms. The lowest BCUT2D eigenvalue weighted by Gasteiger charge is -2.15. The Hall–Kier alpha value is -1.27.